The normalized spacial score (nSPS) is 22.2. The smallest absolute Gasteiger partial charge is 0.249 e. The number of sulfonamides is 1. The van der Waals surface area contributed by atoms with Gasteiger partial charge in [-0.05, 0) is 30.9 Å². The van der Waals surface area contributed by atoms with E-state index < -0.39 is 26.6 Å². The first kappa shape index (κ1) is 16.8. The van der Waals surface area contributed by atoms with Crippen LogP contribution < -0.4 is 0 Å². The Morgan fingerprint density at radius 3 is 2.22 bits per heavy atom. The molecule has 1 N–H and O–H groups in total. The molecule has 23 heavy (non-hydrogen) atoms. The summed E-state index contributed by atoms with van der Waals surface area (Å²) in [5.74, 6) is -1.78. The van der Waals surface area contributed by atoms with Gasteiger partial charge in [0.25, 0.3) is 0 Å². The van der Waals surface area contributed by atoms with Gasteiger partial charge in [-0.15, -0.1) is 0 Å². The molecule has 1 aromatic carbocycles. The van der Waals surface area contributed by atoms with Gasteiger partial charge in [0.1, 0.15) is 11.6 Å². The minimum Gasteiger partial charge on any atom is -0.392 e. The second-order valence-corrected chi connectivity index (χ2v) is 8.04. The van der Waals surface area contributed by atoms with Crippen molar-refractivity contribution in [3.05, 3.63) is 29.8 Å². The molecule has 0 unspecified atom stereocenters. The van der Waals surface area contributed by atoms with E-state index in [4.69, 9.17) is 0 Å². The number of halogens is 2. The molecule has 3 rings (SSSR count). The average molecular weight is 346 g/mol. The molecule has 1 aromatic rings. The monoisotopic (exact) mass is 346 g/mol. The van der Waals surface area contributed by atoms with Crippen LogP contribution in [-0.2, 0) is 10.0 Å². The van der Waals surface area contributed by atoms with Crippen molar-refractivity contribution in [1.29, 1.82) is 0 Å². The third-order valence-corrected chi connectivity index (χ3v) is 6.41. The quantitative estimate of drug-likeness (QED) is 0.866. The third kappa shape index (κ3) is 3.55. The van der Waals surface area contributed by atoms with Crippen molar-refractivity contribution >= 4 is 10.0 Å². The average Bonchev–Trinajstić information content (AvgIpc) is 3.32. The van der Waals surface area contributed by atoms with Crippen molar-refractivity contribution in [3.8, 4) is 0 Å². The molecule has 1 saturated heterocycles. The number of β-amino-alcohol motifs (C(OH)–C–C–N with tert-alkyl or cyclic N) is 1. The highest BCUT2D eigenvalue weighted by Crippen LogP contribution is 2.33. The number of benzene rings is 1. The molecular formula is C15H20F2N2O3S. The van der Waals surface area contributed by atoms with Crippen molar-refractivity contribution < 1.29 is 22.3 Å². The summed E-state index contributed by atoms with van der Waals surface area (Å²) in [4.78, 5) is 1.11. The molecule has 1 atom stereocenters. The standard InChI is InChI=1S/C15H20F2N2O3S/c16-12-2-1-3-13(17)15(12)23(21,22)19-8-6-18(7-9-19)10-14(20)11-4-5-11/h1-3,11,14,20H,4-10H2/t14-/m0/s1. The molecule has 2 aliphatic rings. The Morgan fingerprint density at radius 1 is 1.13 bits per heavy atom. The second kappa shape index (κ2) is 6.43. The molecule has 0 aromatic heterocycles. The molecule has 1 heterocycles. The van der Waals surface area contributed by atoms with E-state index in [9.17, 15) is 22.3 Å². The molecule has 1 saturated carbocycles. The van der Waals surface area contributed by atoms with Crippen LogP contribution in [0.4, 0.5) is 8.78 Å². The van der Waals surface area contributed by atoms with Crippen LogP contribution in [0.1, 0.15) is 12.8 Å². The Balaban J connectivity index is 1.66. The van der Waals surface area contributed by atoms with Crippen molar-refractivity contribution in [2.24, 2.45) is 5.92 Å². The van der Waals surface area contributed by atoms with Gasteiger partial charge in [-0.25, -0.2) is 17.2 Å². The van der Waals surface area contributed by atoms with Crippen molar-refractivity contribution in [2.75, 3.05) is 32.7 Å². The molecule has 1 aliphatic heterocycles. The zero-order valence-electron chi connectivity index (χ0n) is 12.7. The summed E-state index contributed by atoms with van der Waals surface area (Å²) in [6.45, 7) is 1.73. The van der Waals surface area contributed by atoms with E-state index in [2.05, 4.69) is 0 Å². The Bertz CT molecular complexity index is 651. The minimum atomic E-state index is -4.19. The minimum absolute atomic E-state index is 0.160. The fourth-order valence-electron chi connectivity index (χ4n) is 2.91. The number of aliphatic hydroxyl groups excluding tert-OH is 1. The lowest BCUT2D eigenvalue weighted by molar-refractivity contribution is 0.0781. The van der Waals surface area contributed by atoms with Crippen LogP contribution in [0, 0.1) is 17.6 Å². The van der Waals surface area contributed by atoms with Gasteiger partial charge in [0.2, 0.25) is 10.0 Å². The van der Waals surface area contributed by atoms with Gasteiger partial charge in [-0.3, -0.25) is 4.90 Å². The van der Waals surface area contributed by atoms with E-state index in [1.165, 1.54) is 0 Å². The zero-order valence-corrected chi connectivity index (χ0v) is 13.5. The van der Waals surface area contributed by atoms with Crippen LogP contribution in [-0.4, -0.2) is 61.6 Å². The highest BCUT2D eigenvalue weighted by Gasteiger charge is 2.35. The molecule has 0 bridgehead atoms. The van der Waals surface area contributed by atoms with E-state index in [1.807, 2.05) is 4.90 Å². The maximum atomic E-state index is 13.8. The number of rotatable bonds is 5. The van der Waals surface area contributed by atoms with E-state index >= 15 is 0 Å². The summed E-state index contributed by atoms with van der Waals surface area (Å²) < 4.78 is 53.5. The Labute approximate surface area is 134 Å². The number of hydrogen-bond acceptors (Lipinski definition) is 4. The second-order valence-electron chi connectivity index (χ2n) is 6.16. The molecule has 0 spiro atoms. The van der Waals surface area contributed by atoms with Crippen LogP contribution in [0.5, 0.6) is 0 Å². The molecular weight excluding hydrogens is 326 g/mol. The summed E-state index contributed by atoms with van der Waals surface area (Å²) >= 11 is 0. The predicted octanol–water partition coefficient (Wildman–Crippen LogP) is 1.04. The van der Waals surface area contributed by atoms with Gasteiger partial charge in [-0.1, -0.05) is 6.07 Å². The van der Waals surface area contributed by atoms with Crippen LogP contribution >= 0.6 is 0 Å². The molecule has 0 amide bonds. The molecule has 0 radical (unpaired) electrons. The number of piperazine rings is 1. The number of nitrogens with zero attached hydrogens (tertiary/aromatic N) is 2. The summed E-state index contributed by atoms with van der Waals surface area (Å²) in [5, 5.41) is 9.95. The van der Waals surface area contributed by atoms with Gasteiger partial charge in [-0.2, -0.15) is 4.31 Å². The van der Waals surface area contributed by atoms with E-state index in [-0.39, 0.29) is 19.2 Å². The molecule has 1 aliphatic carbocycles. The van der Waals surface area contributed by atoms with E-state index in [0.717, 1.165) is 35.3 Å². The molecule has 5 nitrogen and oxygen atoms in total. The molecule has 2 fully saturated rings. The molecule has 128 valence electrons. The van der Waals surface area contributed by atoms with Crippen molar-refractivity contribution in [1.82, 2.24) is 9.21 Å². The zero-order chi connectivity index (χ0) is 16.6. The lowest BCUT2D eigenvalue weighted by atomic mass is 10.2. The third-order valence-electron chi connectivity index (χ3n) is 4.46. The lowest BCUT2D eigenvalue weighted by Gasteiger charge is -2.35. The van der Waals surface area contributed by atoms with Gasteiger partial charge in [0, 0.05) is 32.7 Å². The molecule has 8 heteroatoms. The summed E-state index contributed by atoms with van der Waals surface area (Å²) in [6.07, 6.45) is 1.71. The van der Waals surface area contributed by atoms with Gasteiger partial charge in [0.15, 0.2) is 4.90 Å². The van der Waals surface area contributed by atoms with E-state index in [1.54, 1.807) is 0 Å². The highest BCUT2D eigenvalue weighted by molar-refractivity contribution is 7.89. The van der Waals surface area contributed by atoms with Crippen LogP contribution in [0.2, 0.25) is 0 Å². The van der Waals surface area contributed by atoms with Crippen LogP contribution in [0.25, 0.3) is 0 Å². The summed E-state index contributed by atoms with van der Waals surface area (Å²) in [5.41, 5.74) is 0. The Morgan fingerprint density at radius 2 is 1.70 bits per heavy atom. The fraction of sp³-hybridized carbons (Fsp3) is 0.600. The van der Waals surface area contributed by atoms with E-state index in [0.29, 0.717) is 25.6 Å². The van der Waals surface area contributed by atoms with Gasteiger partial charge in [0.05, 0.1) is 6.10 Å². The van der Waals surface area contributed by atoms with Crippen molar-refractivity contribution in [2.45, 2.75) is 23.8 Å². The SMILES string of the molecule is O=S(=O)(c1c(F)cccc1F)N1CCN(C[C@H](O)C2CC2)CC1. The maximum Gasteiger partial charge on any atom is 0.249 e. The first-order chi connectivity index (χ1) is 10.9. The first-order valence-corrected chi connectivity index (χ1v) is 9.18. The summed E-state index contributed by atoms with van der Waals surface area (Å²) in [7, 11) is -4.19. The highest BCUT2D eigenvalue weighted by atomic mass is 32.2. The lowest BCUT2D eigenvalue weighted by Crippen LogP contribution is -2.50. The largest absolute Gasteiger partial charge is 0.392 e. The topological polar surface area (TPSA) is 60.9 Å². The number of aliphatic hydroxyl groups is 1. The first-order valence-electron chi connectivity index (χ1n) is 7.74. The maximum absolute atomic E-state index is 13.8. The summed E-state index contributed by atoms with van der Waals surface area (Å²) in [6, 6.07) is 3.03. The fourth-order valence-corrected chi connectivity index (χ4v) is 4.44. The van der Waals surface area contributed by atoms with Gasteiger partial charge < -0.3 is 5.11 Å². The Kier molecular flexibility index (Phi) is 4.68. The number of hydrogen-bond donors (Lipinski definition) is 1. The Hall–Kier alpha value is -1.09. The van der Waals surface area contributed by atoms with Crippen LogP contribution in [0.15, 0.2) is 23.1 Å². The predicted molar refractivity (Wildman–Crippen MR) is 80.3 cm³/mol. The van der Waals surface area contributed by atoms with Gasteiger partial charge >= 0.3 is 0 Å². The van der Waals surface area contributed by atoms with Crippen LogP contribution in [0.3, 0.4) is 0 Å². The van der Waals surface area contributed by atoms with Crippen molar-refractivity contribution in [3.63, 3.8) is 0 Å².